The Morgan fingerprint density at radius 3 is 2.77 bits per heavy atom. The van der Waals surface area contributed by atoms with E-state index in [-0.39, 0.29) is 17.7 Å². The van der Waals surface area contributed by atoms with Crippen LogP contribution in [-0.2, 0) is 29.6 Å². The van der Waals surface area contributed by atoms with Gasteiger partial charge in [0.2, 0.25) is 11.8 Å². The summed E-state index contributed by atoms with van der Waals surface area (Å²) < 4.78 is 1.80. The summed E-state index contributed by atoms with van der Waals surface area (Å²) in [5.74, 6) is 0.0269. The lowest BCUT2D eigenvalue weighted by atomic mass is 9.96. The lowest BCUT2D eigenvalue weighted by molar-refractivity contribution is -0.138. The number of carbonyl (C=O) groups is 2. The number of benzene rings is 1. The second-order valence-corrected chi connectivity index (χ2v) is 6.91. The number of aryl methyl sites for hydroxylation is 1. The third-order valence-corrected chi connectivity index (χ3v) is 5.17. The summed E-state index contributed by atoms with van der Waals surface area (Å²) in [4.78, 5) is 26.6. The van der Waals surface area contributed by atoms with E-state index in [4.69, 9.17) is 0 Å². The van der Waals surface area contributed by atoms with E-state index in [1.165, 1.54) is 5.56 Å². The van der Waals surface area contributed by atoms with Gasteiger partial charge in [0.05, 0.1) is 12.1 Å². The number of nitrogens with one attached hydrogen (secondary N) is 1. The molecular weight excluding hydrogens is 328 g/mol. The maximum Gasteiger partial charge on any atom is 0.225 e. The van der Waals surface area contributed by atoms with E-state index in [0.29, 0.717) is 32.5 Å². The first-order chi connectivity index (χ1) is 12.5. The minimum Gasteiger partial charge on any atom is -0.352 e. The Kier molecular flexibility index (Phi) is 5.71. The molecule has 6 heteroatoms. The quantitative estimate of drug-likeness (QED) is 0.860. The number of hydrogen-bond acceptors (Lipinski definition) is 3. The molecule has 0 radical (unpaired) electrons. The average Bonchev–Trinajstić information content (AvgIpc) is 2.98. The molecule has 1 fully saturated rings. The number of hydrogen-bond donors (Lipinski definition) is 1. The highest BCUT2D eigenvalue weighted by Crippen LogP contribution is 2.19. The number of carbonyl (C=O) groups excluding carboxylic acids is 2. The summed E-state index contributed by atoms with van der Waals surface area (Å²) in [6.07, 6.45) is 3.67. The molecule has 2 heterocycles. The third-order valence-electron chi connectivity index (χ3n) is 5.17. The molecule has 0 saturated carbocycles. The monoisotopic (exact) mass is 354 g/mol. The van der Waals surface area contributed by atoms with Crippen LogP contribution in [0.15, 0.2) is 36.5 Å². The van der Waals surface area contributed by atoms with Crippen LogP contribution in [0.5, 0.6) is 0 Å². The highest BCUT2D eigenvalue weighted by molar-refractivity contribution is 5.83. The van der Waals surface area contributed by atoms with E-state index in [2.05, 4.69) is 22.5 Å². The largest absolute Gasteiger partial charge is 0.352 e. The van der Waals surface area contributed by atoms with E-state index < -0.39 is 0 Å². The smallest absolute Gasteiger partial charge is 0.225 e. The number of likely N-dealkylation sites (tertiary alicyclic amines) is 1. The summed E-state index contributed by atoms with van der Waals surface area (Å²) in [5.41, 5.74) is 3.28. The Morgan fingerprint density at radius 1 is 1.31 bits per heavy atom. The molecule has 2 aromatic rings. The van der Waals surface area contributed by atoms with Crippen molar-refractivity contribution in [3.8, 4) is 0 Å². The van der Waals surface area contributed by atoms with Gasteiger partial charge >= 0.3 is 0 Å². The van der Waals surface area contributed by atoms with Crippen LogP contribution in [-0.4, -0.2) is 39.6 Å². The first kappa shape index (κ1) is 18.2. The Bertz CT molecular complexity index is 769. The fourth-order valence-corrected chi connectivity index (χ4v) is 3.30. The molecule has 1 aliphatic rings. The average molecular weight is 354 g/mol. The number of rotatable bonds is 6. The highest BCUT2D eigenvalue weighted by atomic mass is 16.2. The van der Waals surface area contributed by atoms with E-state index >= 15 is 0 Å². The maximum atomic E-state index is 12.5. The summed E-state index contributed by atoms with van der Waals surface area (Å²) in [5, 5.41) is 7.20. The van der Waals surface area contributed by atoms with Crippen molar-refractivity contribution in [3.63, 3.8) is 0 Å². The second kappa shape index (κ2) is 8.17. The zero-order valence-corrected chi connectivity index (χ0v) is 15.4. The molecule has 3 rings (SSSR count). The van der Waals surface area contributed by atoms with E-state index in [1.807, 2.05) is 37.1 Å². The van der Waals surface area contributed by atoms with Crippen molar-refractivity contribution in [2.75, 3.05) is 13.1 Å². The predicted molar refractivity (Wildman–Crippen MR) is 99.2 cm³/mol. The molecule has 1 aromatic heterocycles. The zero-order chi connectivity index (χ0) is 18.5. The van der Waals surface area contributed by atoms with Gasteiger partial charge in [-0.3, -0.25) is 14.3 Å². The number of nitrogens with zero attached hydrogens (tertiary/aromatic N) is 3. The molecule has 0 bridgehead atoms. The van der Waals surface area contributed by atoms with E-state index in [1.54, 1.807) is 10.9 Å². The molecule has 26 heavy (non-hydrogen) atoms. The lowest BCUT2D eigenvalue weighted by Gasteiger charge is -2.32. The van der Waals surface area contributed by atoms with Crippen LogP contribution in [0.3, 0.4) is 0 Å². The number of piperidine rings is 1. The summed E-state index contributed by atoms with van der Waals surface area (Å²) in [7, 11) is 1.89. The van der Waals surface area contributed by atoms with E-state index in [0.717, 1.165) is 17.7 Å². The molecule has 1 N–H and O–H groups in total. The molecule has 6 nitrogen and oxygen atoms in total. The minimum absolute atomic E-state index is 0.0189. The second-order valence-electron chi connectivity index (χ2n) is 6.91. The molecule has 1 atom stereocenters. The molecule has 0 aliphatic carbocycles. The third kappa shape index (κ3) is 4.31. The molecule has 0 spiro atoms. The lowest BCUT2D eigenvalue weighted by Crippen LogP contribution is -2.46. The van der Waals surface area contributed by atoms with Crippen molar-refractivity contribution in [3.05, 3.63) is 53.3 Å². The van der Waals surface area contributed by atoms with Crippen LogP contribution in [0.2, 0.25) is 0 Å². The topological polar surface area (TPSA) is 67.2 Å². The molecule has 1 aliphatic heterocycles. The summed E-state index contributed by atoms with van der Waals surface area (Å²) >= 11 is 0. The Balaban J connectivity index is 1.52. The molecule has 0 unspecified atom stereocenters. The molecular formula is C20H26N4O2. The van der Waals surface area contributed by atoms with Gasteiger partial charge in [-0.2, -0.15) is 5.10 Å². The molecule has 2 amide bonds. The number of amides is 2. The fraction of sp³-hybridized carbons (Fsp3) is 0.450. The summed E-state index contributed by atoms with van der Waals surface area (Å²) in [6.45, 7) is 3.63. The Morgan fingerprint density at radius 2 is 2.08 bits per heavy atom. The first-order valence-corrected chi connectivity index (χ1v) is 9.11. The normalized spacial score (nSPS) is 17.4. The molecule has 138 valence electrons. The van der Waals surface area contributed by atoms with Crippen molar-refractivity contribution in [2.45, 2.75) is 32.7 Å². The van der Waals surface area contributed by atoms with Crippen LogP contribution in [0, 0.1) is 12.8 Å². The Labute approximate surface area is 154 Å². The van der Waals surface area contributed by atoms with Gasteiger partial charge in [0.15, 0.2) is 0 Å². The van der Waals surface area contributed by atoms with Crippen molar-refractivity contribution < 1.29 is 9.59 Å². The highest BCUT2D eigenvalue weighted by Gasteiger charge is 2.29. The van der Waals surface area contributed by atoms with Gasteiger partial charge in [-0.1, -0.05) is 30.3 Å². The van der Waals surface area contributed by atoms with E-state index in [9.17, 15) is 9.59 Å². The van der Waals surface area contributed by atoms with Crippen LogP contribution >= 0.6 is 0 Å². The number of aromatic nitrogens is 2. The van der Waals surface area contributed by atoms with Gasteiger partial charge in [-0.15, -0.1) is 0 Å². The van der Waals surface area contributed by atoms with Crippen LogP contribution in [0.25, 0.3) is 0 Å². The molecule has 1 saturated heterocycles. The van der Waals surface area contributed by atoms with Crippen molar-refractivity contribution in [1.82, 2.24) is 20.0 Å². The Hall–Kier alpha value is -2.63. The van der Waals surface area contributed by atoms with Crippen molar-refractivity contribution >= 4 is 11.8 Å². The standard InChI is InChI=1S/C20H26N4O2/c1-15-18(13-22-23(15)2)12-21-20(26)17-8-9-19(25)24(14-17)11-10-16-6-4-3-5-7-16/h3-7,13,17H,8-12,14H2,1-2H3,(H,21,26)/t17-/m0/s1. The van der Waals surface area contributed by atoms with Gasteiger partial charge in [0.1, 0.15) is 0 Å². The van der Waals surface area contributed by atoms with Gasteiger partial charge in [-0.25, -0.2) is 0 Å². The van der Waals surface area contributed by atoms with Gasteiger partial charge < -0.3 is 10.2 Å². The molecule has 1 aromatic carbocycles. The predicted octanol–water partition coefficient (Wildman–Crippen LogP) is 1.83. The maximum absolute atomic E-state index is 12.5. The van der Waals surface area contributed by atoms with Crippen LogP contribution < -0.4 is 5.32 Å². The van der Waals surface area contributed by atoms with Gasteiger partial charge in [0.25, 0.3) is 0 Å². The zero-order valence-electron chi connectivity index (χ0n) is 15.4. The van der Waals surface area contributed by atoms with Crippen LogP contribution in [0.4, 0.5) is 0 Å². The fourth-order valence-electron chi connectivity index (χ4n) is 3.30. The first-order valence-electron chi connectivity index (χ1n) is 9.11. The van der Waals surface area contributed by atoms with Gasteiger partial charge in [0, 0.05) is 44.4 Å². The van der Waals surface area contributed by atoms with Gasteiger partial charge in [-0.05, 0) is 25.3 Å². The SMILES string of the molecule is Cc1c(CNC(=O)[C@H]2CCC(=O)N(CCc3ccccc3)C2)cnn1C. The summed E-state index contributed by atoms with van der Waals surface area (Å²) in [6, 6.07) is 10.1. The minimum atomic E-state index is -0.138. The van der Waals surface area contributed by atoms with Crippen LogP contribution in [0.1, 0.15) is 29.7 Å². The van der Waals surface area contributed by atoms with Crippen molar-refractivity contribution in [2.24, 2.45) is 13.0 Å². The van der Waals surface area contributed by atoms with Crippen molar-refractivity contribution in [1.29, 1.82) is 0 Å².